The number of carbonyl (C=O) groups excluding carboxylic acids is 1. The zero-order valence-corrected chi connectivity index (χ0v) is 15.7. The van der Waals surface area contributed by atoms with Gasteiger partial charge < -0.3 is 19.6 Å². The first-order valence-corrected chi connectivity index (χ1v) is 9.43. The fraction of sp³-hybridized carbons (Fsp3) is 0.600. The minimum absolute atomic E-state index is 0.216. The number of rotatable bonds is 9. The van der Waals surface area contributed by atoms with Crippen molar-refractivity contribution >= 4 is 11.9 Å². The predicted octanol–water partition coefficient (Wildman–Crippen LogP) is 2.42. The Kier molecular flexibility index (Phi) is 8.41. The minimum Gasteiger partial charge on any atom is -0.497 e. The fourth-order valence-corrected chi connectivity index (χ4v) is 3.26. The van der Waals surface area contributed by atoms with Crippen molar-refractivity contribution in [3.63, 3.8) is 0 Å². The lowest BCUT2D eigenvalue weighted by Gasteiger charge is -2.22. The number of methoxy groups -OCH3 is 1. The molecule has 1 amide bonds. The number of carbonyl (C=O) groups is 2. The zero-order chi connectivity index (χ0) is 18.8. The summed E-state index contributed by atoms with van der Waals surface area (Å²) in [6.07, 6.45) is 4.12. The quantitative estimate of drug-likeness (QED) is 0.683. The van der Waals surface area contributed by atoms with Gasteiger partial charge in [0.25, 0.3) is 0 Å². The number of carboxylic acids is 1. The number of hydrogen-bond donors (Lipinski definition) is 1. The highest BCUT2D eigenvalue weighted by atomic mass is 16.5. The lowest BCUT2D eigenvalue weighted by molar-refractivity contribution is -0.137. The average Bonchev–Trinajstić information content (AvgIpc) is 2.89. The smallest absolute Gasteiger partial charge is 0.303 e. The number of aliphatic carboxylic acids is 1. The Balaban J connectivity index is 1.69. The molecule has 0 atom stereocenters. The molecule has 144 valence electrons. The molecule has 1 heterocycles. The van der Waals surface area contributed by atoms with Crippen molar-refractivity contribution in [2.45, 2.75) is 38.5 Å². The molecule has 0 aromatic heterocycles. The fourth-order valence-electron chi connectivity index (χ4n) is 3.26. The highest BCUT2D eigenvalue weighted by Crippen LogP contribution is 2.14. The Hall–Kier alpha value is -2.08. The van der Waals surface area contributed by atoms with Gasteiger partial charge in [-0.05, 0) is 56.5 Å². The van der Waals surface area contributed by atoms with Gasteiger partial charge in [-0.1, -0.05) is 12.1 Å². The molecule has 1 saturated heterocycles. The zero-order valence-electron chi connectivity index (χ0n) is 15.7. The lowest BCUT2D eigenvalue weighted by atomic mass is 10.1. The molecule has 0 bridgehead atoms. The number of carboxylic acid groups (broad SMARTS) is 1. The van der Waals surface area contributed by atoms with E-state index in [0.717, 1.165) is 69.7 Å². The van der Waals surface area contributed by atoms with Gasteiger partial charge in [0.2, 0.25) is 5.91 Å². The van der Waals surface area contributed by atoms with Crippen LogP contribution in [0.3, 0.4) is 0 Å². The third kappa shape index (κ3) is 7.04. The van der Waals surface area contributed by atoms with Crippen LogP contribution in [0.5, 0.6) is 5.75 Å². The Morgan fingerprint density at radius 2 is 1.81 bits per heavy atom. The largest absolute Gasteiger partial charge is 0.497 e. The van der Waals surface area contributed by atoms with Crippen LogP contribution < -0.4 is 4.74 Å². The van der Waals surface area contributed by atoms with Crippen molar-refractivity contribution in [2.75, 3.05) is 39.8 Å². The summed E-state index contributed by atoms with van der Waals surface area (Å²) < 4.78 is 5.15. The molecule has 0 saturated carbocycles. The summed E-state index contributed by atoms with van der Waals surface area (Å²) in [5.74, 6) is 0.319. The van der Waals surface area contributed by atoms with Crippen molar-refractivity contribution in [3.8, 4) is 5.75 Å². The maximum Gasteiger partial charge on any atom is 0.303 e. The summed E-state index contributed by atoms with van der Waals surface area (Å²) in [7, 11) is 1.65. The summed E-state index contributed by atoms with van der Waals surface area (Å²) in [5.41, 5.74) is 1.15. The van der Waals surface area contributed by atoms with Crippen molar-refractivity contribution < 1.29 is 19.4 Å². The number of nitrogens with zero attached hydrogens (tertiary/aromatic N) is 2. The molecule has 1 aromatic rings. The molecule has 6 heteroatoms. The first-order chi connectivity index (χ1) is 12.6. The van der Waals surface area contributed by atoms with Gasteiger partial charge in [0.15, 0.2) is 0 Å². The van der Waals surface area contributed by atoms with E-state index in [0.29, 0.717) is 6.42 Å². The predicted molar refractivity (Wildman–Crippen MR) is 100 cm³/mol. The summed E-state index contributed by atoms with van der Waals surface area (Å²) in [5, 5.41) is 8.69. The summed E-state index contributed by atoms with van der Waals surface area (Å²) in [4.78, 5) is 27.4. The van der Waals surface area contributed by atoms with Gasteiger partial charge >= 0.3 is 5.97 Å². The summed E-state index contributed by atoms with van der Waals surface area (Å²) >= 11 is 0. The van der Waals surface area contributed by atoms with E-state index in [1.165, 1.54) is 0 Å². The van der Waals surface area contributed by atoms with Crippen LogP contribution in [0.25, 0.3) is 0 Å². The maximum absolute atomic E-state index is 12.5. The molecule has 1 aliphatic rings. The number of ether oxygens (including phenoxy) is 1. The van der Waals surface area contributed by atoms with E-state index >= 15 is 0 Å². The van der Waals surface area contributed by atoms with Crippen LogP contribution in [0, 0.1) is 0 Å². The molecule has 0 unspecified atom stereocenters. The normalized spacial score (nSPS) is 15.5. The Labute approximate surface area is 155 Å². The van der Waals surface area contributed by atoms with E-state index < -0.39 is 5.97 Å². The third-order valence-electron chi connectivity index (χ3n) is 4.84. The lowest BCUT2D eigenvalue weighted by Crippen LogP contribution is -2.35. The van der Waals surface area contributed by atoms with Gasteiger partial charge in [0.1, 0.15) is 5.75 Å². The Morgan fingerprint density at radius 1 is 1.04 bits per heavy atom. The van der Waals surface area contributed by atoms with Gasteiger partial charge in [0.05, 0.1) is 7.11 Å². The topological polar surface area (TPSA) is 70.1 Å². The van der Waals surface area contributed by atoms with Crippen LogP contribution in [0.2, 0.25) is 0 Å². The summed E-state index contributed by atoms with van der Waals surface area (Å²) in [6, 6.07) is 7.86. The molecular weight excluding hydrogens is 332 g/mol. The van der Waals surface area contributed by atoms with E-state index in [4.69, 9.17) is 9.84 Å². The molecule has 0 spiro atoms. The van der Waals surface area contributed by atoms with Gasteiger partial charge in [-0.25, -0.2) is 0 Å². The summed E-state index contributed by atoms with van der Waals surface area (Å²) in [6.45, 7) is 4.35. The van der Waals surface area contributed by atoms with Crippen LogP contribution in [0.1, 0.15) is 37.7 Å². The van der Waals surface area contributed by atoms with E-state index in [1.807, 2.05) is 29.2 Å². The second-order valence-corrected chi connectivity index (χ2v) is 6.77. The van der Waals surface area contributed by atoms with Crippen LogP contribution >= 0.6 is 0 Å². The molecule has 1 aliphatic heterocycles. The van der Waals surface area contributed by atoms with E-state index in [-0.39, 0.29) is 12.3 Å². The third-order valence-corrected chi connectivity index (χ3v) is 4.84. The van der Waals surface area contributed by atoms with Crippen LogP contribution in [-0.2, 0) is 16.0 Å². The van der Waals surface area contributed by atoms with Crippen LogP contribution in [0.15, 0.2) is 24.3 Å². The monoisotopic (exact) mass is 362 g/mol. The second kappa shape index (κ2) is 10.8. The van der Waals surface area contributed by atoms with Crippen LogP contribution in [-0.4, -0.2) is 66.6 Å². The molecule has 1 fully saturated rings. The molecule has 1 aromatic carbocycles. The molecule has 1 N–H and O–H groups in total. The van der Waals surface area contributed by atoms with Gasteiger partial charge in [-0.15, -0.1) is 0 Å². The maximum atomic E-state index is 12.5. The first-order valence-electron chi connectivity index (χ1n) is 9.43. The number of aryl methyl sites for hydroxylation is 1. The highest BCUT2D eigenvalue weighted by Gasteiger charge is 2.18. The molecule has 26 heavy (non-hydrogen) atoms. The molecule has 0 radical (unpaired) electrons. The first kappa shape index (κ1) is 20.2. The van der Waals surface area contributed by atoms with Crippen molar-refractivity contribution in [2.24, 2.45) is 0 Å². The Bertz CT molecular complexity index is 574. The standard InChI is InChI=1S/C20H30N2O4/c1-26-18-9-6-17(7-10-18)8-11-19(23)22-14-4-13-21(15-16-22)12-3-2-5-20(24)25/h6-7,9-10H,2-5,8,11-16H2,1H3,(H,24,25). The minimum atomic E-state index is -0.727. The van der Waals surface area contributed by atoms with Crippen molar-refractivity contribution in [3.05, 3.63) is 29.8 Å². The number of hydrogen-bond acceptors (Lipinski definition) is 4. The van der Waals surface area contributed by atoms with E-state index in [2.05, 4.69) is 4.90 Å². The Morgan fingerprint density at radius 3 is 2.50 bits per heavy atom. The molecule has 0 aliphatic carbocycles. The van der Waals surface area contributed by atoms with Gasteiger partial charge in [0, 0.05) is 32.5 Å². The number of benzene rings is 1. The second-order valence-electron chi connectivity index (χ2n) is 6.77. The average molecular weight is 362 g/mol. The molecular formula is C20H30N2O4. The molecule has 2 rings (SSSR count). The van der Waals surface area contributed by atoms with E-state index in [9.17, 15) is 9.59 Å². The van der Waals surface area contributed by atoms with Gasteiger partial charge in [-0.3, -0.25) is 9.59 Å². The van der Waals surface area contributed by atoms with E-state index in [1.54, 1.807) is 7.11 Å². The van der Waals surface area contributed by atoms with Gasteiger partial charge in [-0.2, -0.15) is 0 Å². The number of amides is 1. The van der Waals surface area contributed by atoms with Crippen molar-refractivity contribution in [1.29, 1.82) is 0 Å². The van der Waals surface area contributed by atoms with Crippen molar-refractivity contribution in [1.82, 2.24) is 9.80 Å². The number of unbranched alkanes of at least 4 members (excludes halogenated alkanes) is 1. The van der Waals surface area contributed by atoms with Crippen LogP contribution in [0.4, 0.5) is 0 Å². The molecule has 6 nitrogen and oxygen atoms in total. The SMILES string of the molecule is COc1ccc(CCC(=O)N2CCCN(CCCCC(=O)O)CC2)cc1. The highest BCUT2D eigenvalue weighted by molar-refractivity contribution is 5.76.